The van der Waals surface area contributed by atoms with E-state index < -0.39 is 6.10 Å². The van der Waals surface area contributed by atoms with Gasteiger partial charge in [-0.15, -0.1) is 0 Å². The average molecular weight is 179 g/mol. The number of rotatable bonds is 3. The summed E-state index contributed by atoms with van der Waals surface area (Å²) >= 11 is 0. The third-order valence-electron chi connectivity index (χ3n) is 2.05. The first-order chi connectivity index (χ1) is 6.19. The van der Waals surface area contributed by atoms with Crippen molar-refractivity contribution < 1.29 is 5.11 Å². The van der Waals surface area contributed by atoms with Gasteiger partial charge >= 0.3 is 0 Å². The Hall–Kier alpha value is -1.34. The summed E-state index contributed by atoms with van der Waals surface area (Å²) in [5.74, 6) is -0.343. The lowest BCUT2D eigenvalue weighted by Gasteiger charge is -2.12. The van der Waals surface area contributed by atoms with E-state index in [4.69, 9.17) is 5.26 Å². The van der Waals surface area contributed by atoms with Crippen molar-refractivity contribution in [2.45, 2.75) is 19.4 Å². The molecule has 2 atom stereocenters. The van der Waals surface area contributed by atoms with Gasteiger partial charge < -0.3 is 5.11 Å². The zero-order valence-electron chi connectivity index (χ0n) is 7.81. The normalized spacial score (nSPS) is 14.9. The van der Waals surface area contributed by atoms with Crippen LogP contribution >= 0.6 is 0 Å². The molecule has 0 spiro atoms. The minimum atomic E-state index is -0.719. The van der Waals surface area contributed by atoms with E-state index in [1.165, 1.54) is 0 Å². The molecule has 1 heterocycles. The van der Waals surface area contributed by atoms with E-state index in [1.807, 2.05) is 6.92 Å². The SMILES string of the molecule is CCC(C#N)C(O)c1cnn(C)c1. The van der Waals surface area contributed by atoms with Crippen LogP contribution in [0.3, 0.4) is 0 Å². The molecule has 0 aliphatic rings. The molecule has 2 unspecified atom stereocenters. The molecule has 1 rings (SSSR count). The molecule has 1 N–H and O–H groups in total. The summed E-state index contributed by atoms with van der Waals surface area (Å²) in [5.41, 5.74) is 0.705. The van der Waals surface area contributed by atoms with Gasteiger partial charge in [-0.3, -0.25) is 4.68 Å². The van der Waals surface area contributed by atoms with Gasteiger partial charge in [-0.2, -0.15) is 10.4 Å². The highest BCUT2D eigenvalue weighted by Crippen LogP contribution is 2.22. The molecule has 4 heteroatoms. The third kappa shape index (κ3) is 2.07. The molecule has 0 radical (unpaired) electrons. The first-order valence-electron chi connectivity index (χ1n) is 4.25. The molecule has 0 bridgehead atoms. The fraction of sp³-hybridized carbons (Fsp3) is 0.556. The number of aliphatic hydroxyl groups excluding tert-OH is 1. The number of aliphatic hydroxyl groups is 1. The van der Waals surface area contributed by atoms with Crippen LogP contribution in [0, 0.1) is 17.2 Å². The van der Waals surface area contributed by atoms with Gasteiger partial charge in [0.1, 0.15) is 0 Å². The molecule has 1 aromatic heterocycles. The van der Waals surface area contributed by atoms with Crippen LogP contribution in [-0.4, -0.2) is 14.9 Å². The maximum Gasteiger partial charge on any atom is 0.0978 e. The van der Waals surface area contributed by atoms with Gasteiger partial charge in [-0.25, -0.2) is 0 Å². The van der Waals surface area contributed by atoms with Crippen LogP contribution in [-0.2, 0) is 7.05 Å². The van der Waals surface area contributed by atoms with Crippen molar-refractivity contribution in [3.63, 3.8) is 0 Å². The van der Waals surface area contributed by atoms with E-state index in [-0.39, 0.29) is 5.92 Å². The Kier molecular flexibility index (Phi) is 3.04. The van der Waals surface area contributed by atoms with Crippen LogP contribution in [0.2, 0.25) is 0 Å². The summed E-state index contributed by atoms with van der Waals surface area (Å²) in [6.45, 7) is 1.88. The number of nitrogens with zero attached hydrogens (tertiary/aromatic N) is 3. The molecule has 1 aromatic rings. The van der Waals surface area contributed by atoms with Gasteiger partial charge in [0.2, 0.25) is 0 Å². The van der Waals surface area contributed by atoms with E-state index in [0.717, 1.165) is 0 Å². The minimum absolute atomic E-state index is 0.343. The van der Waals surface area contributed by atoms with Crippen LogP contribution in [0.4, 0.5) is 0 Å². The molecule has 0 saturated carbocycles. The molecule has 70 valence electrons. The first kappa shape index (κ1) is 9.75. The highest BCUT2D eigenvalue weighted by molar-refractivity contribution is 5.11. The van der Waals surface area contributed by atoms with E-state index in [1.54, 1.807) is 24.1 Å². The fourth-order valence-corrected chi connectivity index (χ4v) is 1.21. The Labute approximate surface area is 77.4 Å². The van der Waals surface area contributed by atoms with Gasteiger partial charge in [-0.05, 0) is 6.42 Å². The Morgan fingerprint density at radius 2 is 2.46 bits per heavy atom. The smallest absolute Gasteiger partial charge is 0.0978 e. The van der Waals surface area contributed by atoms with Crippen LogP contribution in [0.5, 0.6) is 0 Å². The second-order valence-electron chi connectivity index (χ2n) is 3.04. The molecular formula is C9H13N3O. The lowest BCUT2D eigenvalue weighted by atomic mass is 9.97. The Morgan fingerprint density at radius 1 is 1.77 bits per heavy atom. The van der Waals surface area contributed by atoms with Crippen LogP contribution < -0.4 is 0 Å². The van der Waals surface area contributed by atoms with Crippen molar-refractivity contribution in [1.82, 2.24) is 9.78 Å². The van der Waals surface area contributed by atoms with E-state index in [9.17, 15) is 5.11 Å². The second-order valence-corrected chi connectivity index (χ2v) is 3.04. The molecule has 0 saturated heterocycles. The summed E-state index contributed by atoms with van der Waals surface area (Å²) in [6.07, 6.45) is 3.24. The summed E-state index contributed by atoms with van der Waals surface area (Å²) in [5, 5.41) is 22.4. The molecule has 0 fully saturated rings. The summed E-state index contributed by atoms with van der Waals surface area (Å²) in [6, 6.07) is 2.07. The van der Waals surface area contributed by atoms with Crippen LogP contribution in [0.25, 0.3) is 0 Å². The topological polar surface area (TPSA) is 61.8 Å². The number of aryl methyl sites for hydroxylation is 1. The quantitative estimate of drug-likeness (QED) is 0.753. The van der Waals surface area contributed by atoms with Crippen molar-refractivity contribution in [3.8, 4) is 6.07 Å². The number of hydrogen-bond acceptors (Lipinski definition) is 3. The summed E-state index contributed by atoms with van der Waals surface area (Å²) in [4.78, 5) is 0. The molecule has 0 aliphatic carbocycles. The molecule has 13 heavy (non-hydrogen) atoms. The van der Waals surface area contributed by atoms with Crippen molar-refractivity contribution in [2.75, 3.05) is 0 Å². The zero-order chi connectivity index (χ0) is 9.84. The Balaban J connectivity index is 2.78. The van der Waals surface area contributed by atoms with Crippen molar-refractivity contribution >= 4 is 0 Å². The molecular weight excluding hydrogens is 166 g/mol. The molecule has 0 aromatic carbocycles. The van der Waals surface area contributed by atoms with Gasteiger partial charge in [-0.1, -0.05) is 6.92 Å². The lowest BCUT2D eigenvalue weighted by molar-refractivity contribution is 0.132. The third-order valence-corrected chi connectivity index (χ3v) is 2.05. The van der Waals surface area contributed by atoms with E-state index >= 15 is 0 Å². The predicted octanol–water partition coefficient (Wildman–Crippen LogP) is 1.00. The average Bonchev–Trinajstić information content (AvgIpc) is 2.54. The number of hydrogen-bond donors (Lipinski definition) is 1. The van der Waals surface area contributed by atoms with Gasteiger partial charge in [0.25, 0.3) is 0 Å². The lowest BCUT2D eigenvalue weighted by Crippen LogP contribution is -2.08. The Morgan fingerprint density at radius 3 is 2.85 bits per heavy atom. The van der Waals surface area contributed by atoms with E-state index in [2.05, 4.69) is 11.2 Å². The van der Waals surface area contributed by atoms with Crippen molar-refractivity contribution in [3.05, 3.63) is 18.0 Å². The molecule has 4 nitrogen and oxygen atoms in total. The van der Waals surface area contributed by atoms with Crippen molar-refractivity contribution in [1.29, 1.82) is 5.26 Å². The van der Waals surface area contributed by atoms with Gasteiger partial charge in [0, 0.05) is 18.8 Å². The van der Waals surface area contributed by atoms with Crippen LogP contribution in [0.1, 0.15) is 25.0 Å². The highest BCUT2D eigenvalue weighted by Gasteiger charge is 2.19. The predicted molar refractivity (Wildman–Crippen MR) is 47.6 cm³/mol. The highest BCUT2D eigenvalue weighted by atomic mass is 16.3. The number of aromatic nitrogens is 2. The van der Waals surface area contributed by atoms with Gasteiger partial charge in [0.15, 0.2) is 0 Å². The number of nitriles is 1. The first-order valence-corrected chi connectivity index (χ1v) is 4.25. The van der Waals surface area contributed by atoms with Crippen molar-refractivity contribution in [2.24, 2.45) is 13.0 Å². The second kappa shape index (κ2) is 4.06. The molecule has 0 amide bonds. The monoisotopic (exact) mass is 179 g/mol. The van der Waals surface area contributed by atoms with Gasteiger partial charge in [0.05, 0.1) is 24.3 Å². The Bertz CT molecular complexity index is 313. The molecule has 0 aliphatic heterocycles. The minimum Gasteiger partial charge on any atom is -0.387 e. The maximum absolute atomic E-state index is 9.72. The largest absolute Gasteiger partial charge is 0.387 e. The zero-order valence-corrected chi connectivity index (χ0v) is 7.81. The maximum atomic E-state index is 9.72. The fourth-order valence-electron chi connectivity index (χ4n) is 1.21. The van der Waals surface area contributed by atoms with E-state index in [0.29, 0.717) is 12.0 Å². The van der Waals surface area contributed by atoms with Crippen LogP contribution in [0.15, 0.2) is 12.4 Å². The summed E-state index contributed by atoms with van der Waals surface area (Å²) in [7, 11) is 1.78. The summed E-state index contributed by atoms with van der Waals surface area (Å²) < 4.78 is 1.61. The standard InChI is InChI=1S/C9H13N3O/c1-3-7(4-10)9(13)8-5-11-12(2)6-8/h5-7,9,13H,3H2,1-2H3.